The van der Waals surface area contributed by atoms with Crippen LogP contribution in [0.15, 0.2) is 66.9 Å². The maximum atomic E-state index is 12.2. The minimum atomic E-state index is -0.0678. The molecule has 0 aliphatic carbocycles. The number of para-hydroxylation sites is 1. The molecule has 0 saturated heterocycles. The first-order valence-electron chi connectivity index (χ1n) is 8.15. The van der Waals surface area contributed by atoms with E-state index in [-0.39, 0.29) is 5.91 Å². The van der Waals surface area contributed by atoms with E-state index in [1.54, 1.807) is 6.20 Å². The third kappa shape index (κ3) is 4.67. The van der Waals surface area contributed by atoms with Gasteiger partial charge in [-0.1, -0.05) is 48.0 Å². The number of anilines is 1. The van der Waals surface area contributed by atoms with Gasteiger partial charge in [0, 0.05) is 5.56 Å². The van der Waals surface area contributed by atoms with Gasteiger partial charge in [-0.2, -0.15) is 0 Å². The monoisotopic (exact) mass is 332 g/mol. The Morgan fingerprint density at radius 3 is 2.44 bits per heavy atom. The quantitative estimate of drug-likeness (QED) is 0.738. The Morgan fingerprint density at radius 2 is 1.76 bits per heavy atom. The molecule has 0 saturated carbocycles. The molecule has 25 heavy (non-hydrogen) atoms. The van der Waals surface area contributed by atoms with Gasteiger partial charge in [0.25, 0.3) is 0 Å². The fourth-order valence-electron chi connectivity index (χ4n) is 2.43. The summed E-state index contributed by atoms with van der Waals surface area (Å²) in [5.74, 6) is 1.19. The summed E-state index contributed by atoms with van der Waals surface area (Å²) in [5, 5.41) is 2.88. The zero-order valence-corrected chi connectivity index (χ0v) is 14.3. The van der Waals surface area contributed by atoms with E-state index in [0.717, 1.165) is 16.9 Å². The highest BCUT2D eigenvalue weighted by molar-refractivity contribution is 5.92. The summed E-state index contributed by atoms with van der Waals surface area (Å²) in [6.45, 7) is 3.93. The number of nitrogens with one attached hydrogen (secondary N) is 1. The third-order valence-corrected chi connectivity index (χ3v) is 3.76. The van der Waals surface area contributed by atoms with Gasteiger partial charge in [-0.25, -0.2) is 4.98 Å². The van der Waals surface area contributed by atoms with Crippen LogP contribution in [0.2, 0.25) is 0 Å². The van der Waals surface area contributed by atoms with E-state index in [4.69, 9.17) is 4.74 Å². The predicted octanol–water partition coefficient (Wildman–Crippen LogP) is 4.67. The van der Waals surface area contributed by atoms with Crippen molar-refractivity contribution >= 4 is 11.6 Å². The zero-order valence-electron chi connectivity index (χ0n) is 14.3. The van der Waals surface area contributed by atoms with E-state index >= 15 is 0 Å². The fraction of sp³-hybridized carbons (Fsp3) is 0.143. The fourth-order valence-corrected chi connectivity index (χ4v) is 2.43. The van der Waals surface area contributed by atoms with Crippen LogP contribution in [0.5, 0.6) is 11.6 Å². The molecule has 4 heteroatoms. The number of ether oxygens (including phenoxy) is 1. The maximum Gasteiger partial charge on any atom is 0.228 e. The predicted molar refractivity (Wildman–Crippen MR) is 99.0 cm³/mol. The lowest BCUT2D eigenvalue weighted by atomic mass is 10.1. The number of benzene rings is 2. The van der Waals surface area contributed by atoms with Crippen molar-refractivity contribution in [2.45, 2.75) is 20.3 Å². The molecule has 0 atom stereocenters. The summed E-state index contributed by atoms with van der Waals surface area (Å²) < 4.78 is 5.75. The number of carbonyl (C=O) groups excluding carboxylic acids is 1. The molecule has 2 aromatic carbocycles. The molecule has 0 aliphatic heterocycles. The van der Waals surface area contributed by atoms with Gasteiger partial charge in [0.05, 0.1) is 18.3 Å². The van der Waals surface area contributed by atoms with E-state index in [2.05, 4.69) is 10.3 Å². The van der Waals surface area contributed by atoms with Crippen molar-refractivity contribution in [2.75, 3.05) is 5.32 Å². The molecule has 1 heterocycles. The summed E-state index contributed by atoms with van der Waals surface area (Å²) in [6, 6.07) is 19.3. The number of pyridine rings is 1. The van der Waals surface area contributed by atoms with Crippen LogP contribution < -0.4 is 10.1 Å². The molecule has 0 unspecified atom stereocenters. The van der Waals surface area contributed by atoms with Crippen molar-refractivity contribution in [3.63, 3.8) is 0 Å². The van der Waals surface area contributed by atoms with Crippen molar-refractivity contribution in [1.82, 2.24) is 4.98 Å². The van der Waals surface area contributed by atoms with Crippen LogP contribution in [-0.4, -0.2) is 10.9 Å². The van der Waals surface area contributed by atoms with Crippen molar-refractivity contribution < 1.29 is 9.53 Å². The Balaban J connectivity index is 1.64. The highest BCUT2D eigenvalue weighted by Crippen LogP contribution is 2.24. The number of amides is 1. The lowest BCUT2D eigenvalue weighted by Gasteiger charge is -2.10. The zero-order chi connectivity index (χ0) is 17.6. The number of nitrogens with zero attached hydrogens (tertiary/aromatic N) is 1. The van der Waals surface area contributed by atoms with E-state index in [9.17, 15) is 4.79 Å². The first-order chi connectivity index (χ1) is 12.1. The van der Waals surface area contributed by atoms with Gasteiger partial charge in [-0.05, 0) is 37.6 Å². The lowest BCUT2D eigenvalue weighted by molar-refractivity contribution is -0.115. The number of hydrogen-bond acceptors (Lipinski definition) is 3. The second kappa shape index (κ2) is 7.62. The number of rotatable bonds is 5. The molecule has 0 radical (unpaired) electrons. The summed E-state index contributed by atoms with van der Waals surface area (Å²) in [6.07, 6.45) is 1.94. The van der Waals surface area contributed by atoms with Crippen LogP contribution in [0.25, 0.3) is 0 Å². The molecule has 4 nitrogen and oxygen atoms in total. The molecule has 0 spiro atoms. The largest absolute Gasteiger partial charge is 0.439 e. The van der Waals surface area contributed by atoms with Crippen LogP contribution >= 0.6 is 0 Å². The molecule has 3 aromatic rings. The molecule has 0 aliphatic rings. The summed E-state index contributed by atoms with van der Waals surface area (Å²) >= 11 is 0. The average molecular weight is 332 g/mol. The number of aromatic nitrogens is 1. The standard InChI is InChI=1S/C21H20N2O2/c1-15-8-10-17(11-9-15)13-20(24)23-18-12-16(2)21(22-14-18)25-19-6-4-3-5-7-19/h3-12,14H,13H2,1-2H3,(H,23,24). The van der Waals surface area contributed by atoms with Gasteiger partial charge in [0.15, 0.2) is 0 Å². The second-order valence-electron chi connectivity index (χ2n) is 5.97. The first-order valence-corrected chi connectivity index (χ1v) is 8.15. The molecule has 0 fully saturated rings. The Bertz CT molecular complexity index is 859. The lowest BCUT2D eigenvalue weighted by Crippen LogP contribution is -2.14. The van der Waals surface area contributed by atoms with Gasteiger partial charge in [0.2, 0.25) is 11.8 Å². The normalized spacial score (nSPS) is 10.3. The van der Waals surface area contributed by atoms with E-state index in [0.29, 0.717) is 18.0 Å². The van der Waals surface area contributed by atoms with Gasteiger partial charge in [0.1, 0.15) is 5.75 Å². The van der Waals surface area contributed by atoms with Crippen LogP contribution in [-0.2, 0) is 11.2 Å². The number of hydrogen-bond donors (Lipinski definition) is 1. The van der Waals surface area contributed by atoms with E-state index in [1.165, 1.54) is 5.56 Å². The van der Waals surface area contributed by atoms with Crippen molar-refractivity contribution in [2.24, 2.45) is 0 Å². The molecule has 0 bridgehead atoms. The highest BCUT2D eigenvalue weighted by Gasteiger charge is 2.08. The molecular weight excluding hydrogens is 312 g/mol. The summed E-state index contributed by atoms with van der Waals surface area (Å²) in [7, 11) is 0. The van der Waals surface area contributed by atoms with Crippen molar-refractivity contribution in [3.8, 4) is 11.6 Å². The minimum absolute atomic E-state index is 0.0678. The van der Waals surface area contributed by atoms with Crippen LogP contribution in [0.3, 0.4) is 0 Å². The summed E-state index contributed by atoms with van der Waals surface area (Å²) in [4.78, 5) is 16.5. The molecular formula is C21H20N2O2. The molecule has 126 valence electrons. The Kier molecular flexibility index (Phi) is 5.09. The van der Waals surface area contributed by atoms with Crippen molar-refractivity contribution in [3.05, 3.63) is 83.6 Å². The third-order valence-electron chi connectivity index (χ3n) is 3.76. The van der Waals surface area contributed by atoms with Crippen LogP contribution in [0.1, 0.15) is 16.7 Å². The maximum absolute atomic E-state index is 12.2. The minimum Gasteiger partial charge on any atom is -0.439 e. The summed E-state index contributed by atoms with van der Waals surface area (Å²) in [5.41, 5.74) is 3.68. The SMILES string of the molecule is Cc1ccc(CC(=O)Nc2cnc(Oc3ccccc3)c(C)c2)cc1. The number of carbonyl (C=O) groups is 1. The van der Waals surface area contributed by atoms with Gasteiger partial charge in [-0.3, -0.25) is 4.79 Å². The van der Waals surface area contributed by atoms with Crippen molar-refractivity contribution in [1.29, 1.82) is 0 Å². The Hall–Kier alpha value is -3.14. The molecule has 1 N–H and O–H groups in total. The van der Waals surface area contributed by atoms with E-state index < -0.39 is 0 Å². The number of aryl methyl sites for hydroxylation is 2. The molecule has 1 amide bonds. The highest BCUT2D eigenvalue weighted by atomic mass is 16.5. The Morgan fingerprint density at radius 1 is 1.04 bits per heavy atom. The van der Waals surface area contributed by atoms with Crippen LogP contribution in [0.4, 0.5) is 5.69 Å². The second-order valence-corrected chi connectivity index (χ2v) is 5.97. The Labute approximate surface area is 147 Å². The first kappa shape index (κ1) is 16.7. The smallest absolute Gasteiger partial charge is 0.228 e. The van der Waals surface area contributed by atoms with Gasteiger partial charge in [-0.15, -0.1) is 0 Å². The van der Waals surface area contributed by atoms with Gasteiger partial charge < -0.3 is 10.1 Å². The van der Waals surface area contributed by atoms with Crippen LogP contribution in [0, 0.1) is 13.8 Å². The molecule has 3 rings (SSSR count). The average Bonchev–Trinajstić information content (AvgIpc) is 2.60. The molecule has 1 aromatic heterocycles. The van der Waals surface area contributed by atoms with E-state index in [1.807, 2.05) is 74.5 Å². The van der Waals surface area contributed by atoms with Gasteiger partial charge >= 0.3 is 0 Å². The topological polar surface area (TPSA) is 51.2 Å².